The maximum absolute atomic E-state index is 13.9. The lowest BCUT2D eigenvalue weighted by atomic mass is 9.73. The number of nitrogens with zero attached hydrogens (tertiary/aromatic N) is 3. The molecule has 2 amide bonds. The molecule has 8 aliphatic rings. The van der Waals surface area contributed by atoms with Crippen molar-refractivity contribution in [3.63, 3.8) is 0 Å². The van der Waals surface area contributed by atoms with Crippen LogP contribution in [0.15, 0.2) is 120 Å². The van der Waals surface area contributed by atoms with Crippen molar-refractivity contribution < 1.29 is 94.8 Å². The molecule has 0 saturated carbocycles. The molecule has 4 aromatic rings. The lowest BCUT2D eigenvalue weighted by Crippen LogP contribution is -2.47. The Balaban J connectivity index is 0.000000185. The minimum atomic E-state index is -5.00. The van der Waals surface area contributed by atoms with E-state index in [4.69, 9.17) is 18.9 Å². The number of hydrogen-bond acceptors (Lipinski definition) is 8. The second-order valence-corrected chi connectivity index (χ2v) is 24.7. The number of amides is 2. The van der Waals surface area contributed by atoms with Crippen LogP contribution in [-0.4, -0.2) is 102 Å². The third kappa shape index (κ3) is 14.1. The Labute approximate surface area is 509 Å². The SMILES string of the molecule is C[C@@H](OC1CN2C(=O)C=C(C3=CCC4(CC3)OCCO4)CC2[C@@H]1c1ccc(F)cc1)c1cc(C(F)(F)F)cc(C(F)(F)F)c1.C[C@@H](OC1CN2C(=O)CC(C3CCN(C4=CC(=O)CC4)CC3)CC2[C@@H]1c1ccc(F)cc1)c1cc(C(F)(F)F)cc(C(F)(F)F)c1. The fourth-order valence-corrected chi connectivity index (χ4v) is 14.6. The average molecular weight is 1280 g/mol. The number of carbonyl (C=O) groups excluding carboxylic acids is 3. The van der Waals surface area contributed by atoms with Gasteiger partial charge >= 0.3 is 24.7 Å². The summed E-state index contributed by atoms with van der Waals surface area (Å²) in [6, 6.07) is 13.5. The normalized spacial score (nSPS) is 26.4. The molecule has 5 saturated heterocycles. The van der Waals surface area contributed by atoms with Crippen molar-refractivity contribution in [2.24, 2.45) is 11.8 Å². The van der Waals surface area contributed by atoms with Crippen LogP contribution in [0, 0.1) is 23.5 Å². The number of benzene rings is 4. The van der Waals surface area contributed by atoms with Crippen LogP contribution in [0.25, 0.3) is 0 Å². The molecule has 0 N–H and O–H groups in total. The predicted octanol–water partition coefficient (Wildman–Crippen LogP) is 15.2. The molecule has 1 spiro atoms. The zero-order valence-corrected chi connectivity index (χ0v) is 48.9. The molecule has 6 heterocycles. The van der Waals surface area contributed by atoms with Crippen molar-refractivity contribution in [1.82, 2.24) is 14.7 Å². The first-order valence-corrected chi connectivity index (χ1v) is 30.1. The number of piperidine rings is 2. The highest BCUT2D eigenvalue weighted by molar-refractivity contribution is 5.93. The highest BCUT2D eigenvalue weighted by Crippen LogP contribution is 2.50. The minimum absolute atomic E-state index is 0.0641. The van der Waals surface area contributed by atoms with Crippen LogP contribution in [0.4, 0.5) is 61.5 Å². The highest BCUT2D eigenvalue weighted by Gasteiger charge is 2.52. The quantitative estimate of drug-likeness (QED) is 0.137. The Morgan fingerprint density at radius 3 is 1.48 bits per heavy atom. The molecule has 10 nitrogen and oxygen atoms in total. The summed E-state index contributed by atoms with van der Waals surface area (Å²) in [5.41, 5.74) is -2.04. The Kier molecular flexibility index (Phi) is 18.1. The van der Waals surface area contributed by atoms with E-state index in [1.54, 1.807) is 46.2 Å². The van der Waals surface area contributed by atoms with Crippen LogP contribution < -0.4 is 0 Å². The summed E-state index contributed by atoms with van der Waals surface area (Å²) in [5, 5.41) is 0. The molecule has 12 rings (SSSR count). The first-order chi connectivity index (χ1) is 42.4. The van der Waals surface area contributed by atoms with Gasteiger partial charge in [0.1, 0.15) is 11.6 Å². The van der Waals surface area contributed by atoms with Crippen LogP contribution in [-0.2, 0) is 58.0 Å². The number of likely N-dealkylation sites (tertiary alicyclic amines) is 1. The highest BCUT2D eigenvalue weighted by atomic mass is 19.4. The largest absolute Gasteiger partial charge is 0.416 e. The number of ketones is 1. The van der Waals surface area contributed by atoms with Gasteiger partial charge in [0.05, 0.1) is 59.9 Å². The van der Waals surface area contributed by atoms with Gasteiger partial charge in [-0.25, -0.2) is 8.78 Å². The maximum Gasteiger partial charge on any atom is 0.416 e. The minimum Gasteiger partial charge on any atom is -0.375 e. The Bertz CT molecular complexity index is 3350. The molecule has 2 aliphatic carbocycles. The molecule has 0 radical (unpaired) electrons. The summed E-state index contributed by atoms with van der Waals surface area (Å²) in [7, 11) is 0. The lowest BCUT2D eigenvalue weighted by molar-refractivity contribution is -0.161. The molecule has 90 heavy (non-hydrogen) atoms. The van der Waals surface area contributed by atoms with Crippen LogP contribution in [0.5, 0.6) is 0 Å². The van der Waals surface area contributed by atoms with E-state index < -0.39 is 107 Å². The van der Waals surface area contributed by atoms with Gasteiger partial charge in [-0.3, -0.25) is 14.4 Å². The third-order valence-electron chi connectivity index (χ3n) is 19.2. The van der Waals surface area contributed by atoms with Crippen LogP contribution >= 0.6 is 0 Å². The summed E-state index contributed by atoms with van der Waals surface area (Å²) in [4.78, 5) is 44.3. The van der Waals surface area contributed by atoms with Gasteiger partial charge in [0, 0.05) is 93.6 Å². The fraction of sp³-hybridized carbons (Fsp3) is 0.500. The van der Waals surface area contributed by atoms with Crippen molar-refractivity contribution in [2.75, 3.05) is 39.4 Å². The number of halogens is 14. The molecule has 484 valence electrons. The number of alkyl halides is 12. The van der Waals surface area contributed by atoms with E-state index in [0.717, 1.165) is 49.2 Å². The molecule has 5 fully saturated rings. The molecular weight excluding hydrogens is 1210 g/mol. The molecule has 24 heteroatoms. The van der Waals surface area contributed by atoms with Crippen molar-refractivity contribution >= 4 is 17.6 Å². The van der Waals surface area contributed by atoms with Crippen molar-refractivity contribution in [1.29, 1.82) is 0 Å². The van der Waals surface area contributed by atoms with Crippen molar-refractivity contribution in [3.8, 4) is 0 Å². The fourth-order valence-electron chi connectivity index (χ4n) is 14.6. The van der Waals surface area contributed by atoms with Crippen LogP contribution in [0.2, 0.25) is 0 Å². The number of hydrogen-bond donors (Lipinski definition) is 0. The molecule has 6 aliphatic heterocycles. The van der Waals surface area contributed by atoms with E-state index in [1.807, 2.05) is 6.08 Å². The van der Waals surface area contributed by atoms with Crippen LogP contribution in [0.1, 0.15) is 147 Å². The Morgan fingerprint density at radius 1 is 0.556 bits per heavy atom. The van der Waals surface area contributed by atoms with E-state index in [1.165, 1.54) is 38.1 Å². The van der Waals surface area contributed by atoms with Gasteiger partial charge in [-0.1, -0.05) is 30.3 Å². The maximum atomic E-state index is 13.9. The Morgan fingerprint density at radius 2 is 1.03 bits per heavy atom. The number of carbonyl (C=O) groups is 3. The topological polar surface area (TPSA) is 97.8 Å². The third-order valence-corrected chi connectivity index (χ3v) is 19.2. The van der Waals surface area contributed by atoms with Gasteiger partial charge in [-0.05, 0) is 158 Å². The van der Waals surface area contributed by atoms with Gasteiger partial charge in [-0.15, -0.1) is 0 Å². The average Bonchev–Trinajstić information content (AvgIpc) is 1.59. The van der Waals surface area contributed by atoms with Gasteiger partial charge in [-0.2, -0.15) is 52.7 Å². The van der Waals surface area contributed by atoms with E-state index >= 15 is 0 Å². The second-order valence-electron chi connectivity index (χ2n) is 24.7. The van der Waals surface area contributed by atoms with Crippen molar-refractivity contribution in [2.45, 2.75) is 157 Å². The number of rotatable bonds is 11. The van der Waals surface area contributed by atoms with E-state index in [0.29, 0.717) is 93.6 Å². The lowest BCUT2D eigenvalue weighted by Gasteiger charge is -2.43. The zero-order chi connectivity index (χ0) is 64.4. The summed E-state index contributed by atoms with van der Waals surface area (Å²) in [5.74, 6) is -2.40. The molecule has 5 unspecified atom stereocenters. The summed E-state index contributed by atoms with van der Waals surface area (Å²) < 4.78 is 215. The molecule has 9 atom stereocenters. The van der Waals surface area contributed by atoms with Crippen molar-refractivity contribution in [3.05, 3.63) is 176 Å². The first kappa shape index (κ1) is 64.9. The molecular formula is C66H65F14N3O7. The number of ether oxygens (including phenoxy) is 4. The first-order valence-electron chi connectivity index (χ1n) is 30.1. The predicted molar refractivity (Wildman–Crippen MR) is 297 cm³/mol. The summed E-state index contributed by atoms with van der Waals surface area (Å²) >= 11 is 0. The molecule has 4 aromatic carbocycles. The summed E-state index contributed by atoms with van der Waals surface area (Å²) in [6.45, 7) is 5.62. The van der Waals surface area contributed by atoms with E-state index in [2.05, 4.69) is 4.90 Å². The van der Waals surface area contributed by atoms with Gasteiger partial charge in [0.25, 0.3) is 0 Å². The van der Waals surface area contributed by atoms with Gasteiger partial charge < -0.3 is 33.6 Å². The monoisotopic (exact) mass is 1280 g/mol. The Hall–Kier alpha value is -6.63. The number of allylic oxidation sites excluding steroid dienone is 3. The second kappa shape index (κ2) is 25.1. The van der Waals surface area contributed by atoms with Gasteiger partial charge in [0.2, 0.25) is 11.8 Å². The molecule has 0 bridgehead atoms. The molecule has 0 aromatic heterocycles. The van der Waals surface area contributed by atoms with E-state index in [-0.39, 0.29) is 71.8 Å². The standard InChI is InChI=1S/C34H35F7N2O3.C32H30F7NO4/c1-19(22-12-24(33(36,37)38)16-25(13-22)34(39,40)41)46-30-18-43-29(32(30)21-2-4-26(35)5-3-21)14-23(15-31(43)45)20-8-10-42(11-9-20)27-6-7-28(44)17-27;1-18(21-12-23(31(34,35)36)16-24(13-21)32(37,38)39)44-27-17-40-26(29(27)20-2-4-25(33)5-3-20)14-22(15-28(40)41)19-6-8-30(9-7-19)42-10-11-43-30/h2-5,12-13,16-17,19-20,23,29-30,32H,6-11,14-15,18H2,1H3;2-6,12-13,15-16,18,26-27,29H,7-11,14,17H2,1H3/t19-,23?,29?,30?,32+;18-,26?,27?,29+/m11/s1. The smallest absolute Gasteiger partial charge is 0.375 e. The number of fused-ring (bicyclic) bond motifs is 2. The summed E-state index contributed by atoms with van der Waals surface area (Å²) in [6.07, 6.45) is -12.3. The van der Waals surface area contributed by atoms with E-state index in [9.17, 15) is 75.8 Å². The van der Waals surface area contributed by atoms with Gasteiger partial charge in [0.15, 0.2) is 11.6 Å². The van der Waals surface area contributed by atoms with Crippen LogP contribution in [0.3, 0.4) is 0 Å². The zero-order valence-electron chi connectivity index (χ0n) is 48.9.